The highest BCUT2D eigenvalue weighted by Gasteiger charge is 2.34. The molecule has 0 saturated carbocycles. The van der Waals surface area contributed by atoms with Crippen LogP contribution in [0.2, 0.25) is 0 Å². The van der Waals surface area contributed by atoms with E-state index in [1.807, 2.05) is 30.3 Å². The second-order valence-electron chi connectivity index (χ2n) is 5.36. The van der Waals surface area contributed by atoms with E-state index in [9.17, 15) is 9.59 Å². The number of rotatable bonds is 2. The second-order valence-corrected chi connectivity index (χ2v) is 7.57. The second kappa shape index (κ2) is 6.46. The van der Waals surface area contributed by atoms with Crippen molar-refractivity contribution in [3.63, 3.8) is 0 Å². The van der Waals surface area contributed by atoms with Gasteiger partial charge in [-0.1, -0.05) is 45.9 Å². The number of ketones is 1. The number of Topliss-reactive ketones (excluding diaryl/α,β-unsaturated/α-hetero) is 1. The molecule has 0 spiro atoms. The monoisotopic (exact) mass is 368 g/mol. The lowest BCUT2D eigenvalue weighted by Crippen LogP contribution is -2.25. The molecule has 0 bridgehead atoms. The summed E-state index contributed by atoms with van der Waals surface area (Å²) in [6, 6.07) is 14.4. The van der Waals surface area contributed by atoms with Crippen molar-refractivity contribution >= 4 is 38.2 Å². The number of fused-ring (bicyclic) bond motifs is 1. The molecule has 0 amide bonds. The van der Waals surface area contributed by atoms with Crippen LogP contribution in [0, 0.1) is 0 Å². The van der Waals surface area contributed by atoms with Gasteiger partial charge in [-0.3, -0.25) is 4.79 Å². The molecular formula is C19H12O4S2. The lowest BCUT2D eigenvalue weighted by molar-refractivity contribution is -0.130. The van der Waals surface area contributed by atoms with E-state index in [1.165, 1.54) is 21.6 Å². The average molecular weight is 368 g/mol. The molecule has 0 aromatic heterocycles. The number of esters is 1. The molecule has 2 heterocycles. The number of hydrogen-bond donors (Lipinski definition) is 0. The molecule has 2 aromatic rings. The van der Waals surface area contributed by atoms with Gasteiger partial charge in [0.1, 0.15) is 17.1 Å². The van der Waals surface area contributed by atoms with Crippen molar-refractivity contribution in [3.8, 4) is 11.5 Å². The predicted octanol–water partition coefficient (Wildman–Crippen LogP) is 4.49. The van der Waals surface area contributed by atoms with Crippen LogP contribution in [0.25, 0.3) is 4.91 Å². The number of carbonyl (C=O) groups excluding carboxylic acids is 2. The molecular weight excluding hydrogens is 356 g/mol. The third kappa shape index (κ3) is 2.88. The van der Waals surface area contributed by atoms with Crippen LogP contribution in [0.15, 0.2) is 65.1 Å². The van der Waals surface area contributed by atoms with Crippen molar-refractivity contribution in [2.24, 2.45) is 0 Å². The largest absolute Gasteiger partial charge is 0.497 e. The highest BCUT2D eigenvalue weighted by atomic mass is 33.1. The zero-order valence-electron chi connectivity index (χ0n) is 13.1. The first-order chi connectivity index (χ1) is 12.2. The fourth-order valence-electron chi connectivity index (χ4n) is 2.59. The number of ether oxygens (including phenoxy) is 2. The normalized spacial score (nSPS) is 19.3. The molecule has 2 aliphatic heterocycles. The minimum Gasteiger partial charge on any atom is -0.497 e. The number of carbonyl (C=O) groups is 2. The van der Waals surface area contributed by atoms with E-state index in [0.717, 1.165) is 16.2 Å². The molecule has 4 rings (SSSR count). The van der Waals surface area contributed by atoms with Crippen molar-refractivity contribution in [3.05, 3.63) is 76.2 Å². The van der Waals surface area contributed by atoms with Crippen LogP contribution in [-0.4, -0.2) is 18.9 Å². The molecule has 6 heteroatoms. The first-order valence-corrected chi connectivity index (χ1v) is 9.63. The molecule has 4 nitrogen and oxygen atoms in total. The Kier molecular flexibility index (Phi) is 4.15. The van der Waals surface area contributed by atoms with Gasteiger partial charge in [0.25, 0.3) is 0 Å². The third-order valence-electron chi connectivity index (χ3n) is 3.87. The van der Waals surface area contributed by atoms with Crippen molar-refractivity contribution in [2.75, 3.05) is 7.11 Å². The van der Waals surface area contributed by atoms with Gasteiger partial charge in [-0.05, 0) is 35.9 Å². The van der Waals surface area contributed by atoms with Crippen molar-refractivity contribution in [2.45, 2.75) is 0 Å². The summed E-state index contributed by atoms with van der Waals surface area (Å²) in [6.07, 6.45) is 1.86. The number of para-hydroxylation sites is 1. The molecule has 25 heavy (non-hydrogen) atoms. The Hall–Kier alpha value is -2.44. The zero-order valence-corrected chi connectivity index (χ0v) is 14.8. The van der Waals surface area contributed by atoms with Gasteiger partial charge in [0, 0.05) is 9.81 Å². The summed E-state index contributed by atoms with van der Waals surface area (Å²) in [5.41, 5.74) is 1.52. The van der Waals surface area contributed by atoms with E-state index in [4.69, 9.17) is 9.47 Å². The lowest BCUT2D eigenvalue weighted by atomic mass is 9.99. The molecule has 124 valence electrons. The van der Waals surface area contributed by atoms with Crippen molar-refractivity contribution in [1.29, 1.82) is 0 Å². The molecule has 0 radical (unpaired) electrons. The van der Waals surface area contributed by atoms with Gasteiger partial charge < -0.3 is 9.47 Å². The van der Waals surface area contributed by atoms with E-state index in [-0.39, 0.29) is 11.4 Å². The number of benzene rings is 2. The Balaban J connectivity index is 1.72. The minimum atomic E-state index is -0.598. The Morgan fingerprint density at radius 3 is 2.48 bits per heavy atom. The van der Waals surface area contributed by atoms with Gasteiger partial charge in [0.2, 0.25) is 5.78 Å². The number of allylic oxidation sites excluding steroid dienone is 1. The molecule has 0 N–H and O–H groups in total. The van der Waals surface area contributed by atoms with Crippen LogP contribution in [-0.2, 0) is 4.79 Å². The third-order valence-corrected chi connectivity index (χ3v) is 6.32. The first-order valence-electron chi connectivity index (χ1n) is 7.48. The number of hydrogen-bond acceptors (Lipinski definition) is 6. The quantitative estimate of drug-likeness (QED) is 0.256. The Morgan fingerprint density at radius 2 is 1.72 bits per heavy atom. The van der Waals surface area contributed by atoms with E-state index in [2.05, 4.69) is 0 Å². The van der Waals surface area contributed by atoms with E-state index < -0.39 is 5.97 Å². The van der Waals surface area contributed by atoms with Crippen LogP contribution in [0.3, 0.4) is 0 Å². The summed E-state index contributed by atoms with van der Waals surface area (Å²) >= 11 is 0. The van der Waals surface area contributed by atoms with Gasteiger partial charge in [0.15, 0.2) is 0 Å². The maximum atomic E-state index is 12.7. The first kappa shape index (κ1) is 16.1. The SMILES string of the molecule is COc1ccc(C2=C/C(=C3/C(=O)Oc4ccccc4C3=O)SS2)cc1. The van der Waals surface area contributed by atoms with Crippen molar-refractivity contribution < 1.29 is 19.1 Å². The van der Waals surface area contributed by atoms with E-state index in [1.54, 1.807) is 31.4 Å². The Labute approximate surface area is 152 Å². The fraction of sp³-hybridized carbons (Fsp3) is 0.0526. The van der Waals surface area contributed by atoms with Crippen LogP contribution >= 0.6 is 21.6 Å². The summed E-state index contributed by atoms with van der Waals surface area (Å²) in [5, 5.41) is 0. The Bertz CT molecular complexity index is 942. The minimum absolute atomic E-state index is 0.0970. The molecule has 2 aromatic carbocycles. The van der Waals surface area contributed by atoms with Gasteiger partial charge in [-0.2, -0.15) is 0 Å². The van der Waals surface area contributed by atoms with Crippen molar-refractivity contribution in [1.82, 2.24) is 0 Å². The molecule has 2 aliphatic rings. The van der Waals surface area contributed by atoms with E-state index >= 15 is 0 Å². The standard InChI is InChI=1S/C19H12O4S2/c1-22-12-8-6-11(7-9-12)15-10-16(25-24-15)17-18(20)13-4-2-3-5-14(13)23-19(17)21/h2-10H,1H3/b17-16-. The van der Waals surface area contributed by atoms with Crippen LogP contribution < -0.4 is 9.47 Å². The lowest BCUT2D eigenvalue weighted by Gasteiger charge is -2.17. The van der Waals surface area contributed by atoms with Crippen LogP contribution in [0.4, 0.5) is 0 Å². The average Bonchev–Trinajstić information content (AvgIpc) is 3.11. The Morgan fingerprint density at radius 1 is 0.960 bits per heavy atom. The molecule has 0 aliphatic carbocycles. The summed E-state index contributed by atoms with van der Waals surface area (Å²) in [4.78, 5) is 26.6. The maximum Gasteiger partial charge on any atom is 0.348 e. The van der Waals surface area contributed by atoms with Gasteiger partial charge in [-0.15, -0.1) is 0 Å². The summed E-state index contributed by atoms with van der Waals surface area (Å²) < 4.78 is 10.5. The summed E-state index contributed by atoms with van der Waals surface area (Å²) in [7, 11) is 4.53. The summed E-state index contributed by atoms with van der Waals surface area (Å²) in [5.74, 6) is 0.208. The fourth-order valence-corrected chi connectivity index (χ4v) is 5.04. The molecule has 0 atom stereocenters. The molecule has 0 unspecified atom stereocenters. The van der Waals surface area contributed by atoms with E-state index in [0.29, 0.717) is 16.2 Å². The topological polar surface area (TPSA) is 52.6 Å². The van der Waals surface area contributed by atoms with Gasteiger partial charge >= 0.3 is 5.97 Å². The number of methoxy groups -OCH3 is 1. The highest BCUT2D eigenvalue weighted by molar-refractivity contribution is 8.82. The summed E-state index contributed by atoms with van der Waals surface area (Å²) in [6.45, 7) is 0. The van der Waals surface area contributed by atoms with Gasteiger partial charge in [-0.25, -0.2) is 4.79 Å². The van der Waals surface area contributed by atoms with Crippen LogP contribution in [0.1, 0.15) is 15.9 Å². The smallest absolute Gasteiger partial charge is 0.348 e. The molecule has 0 saturated heterocycles. The highest BCUT2D eigenvalue weighted by Crippen LogP contribution is 2.51. The van der Waals surface area contributed by atoms with Crippen LogP contribution in [0.5, 0.6) is 11.5 Å². The molecule has 0 fully saturated rings. The zero-order chi connectivity index (χ0) is 17.4. The van der Waals surface area contributed by atoms with Gasteiger partial charge in [0.05, 0.1) is 12.7 Å². The maximum absolute atomic E-state index is 12.7. The predicted molar refractivity (Wildman–Crippen MR) is 99.6 cm³/mol.